The molecule has 0 spiro atoms. The summed E-state index contributed by atoms with van der Waals surface area (Å²) in [5, 5.41) is 4.14. The molecule has 0 saturated heterocycles. The molecule has 8 heteroatoms. The number of amides is 1. The summed E-state index contributed by atoms with van der Waals surface area (Å²) in [6.07, 6.45) is 5.43. The summed E-state index contributed by atoms with van der Waals surface area (Å²) in [7, 11) is 0. The average molecular weight is 427 g/mol. The SMILES string of the molecule is Cc1sc2ncn(CCC(=O)Nc3ccc(Cl)cc3-n3cccc3)c(=O)c2c1C. The van der Waals surface area contributed by atoms with Crippen molar-refractivity contribution in [3.8, 4) is 5.69 Å². The number of halogens is 1. The molecule has 3 heterocycles. The molecular weight excluding hydrogens is 408 g/mol. The van der Waals surface area contributed by atoms with Crippen molar-refractivity contribution in [3.63, 3.8) is 0 Å². The van der Waals surface area contributed by atoms with E-state index in [1.807, 2.05) is 42.9 Å². The number of aryl methyl sites for hydroxylation is 3. The highest BCUT2D eigenvalue weighted by Crippen LogP contribution is 2.26. The van der Waals surface area contributed by atoms with Gasteiger partial charge >= 0.3 is 0 Å². The predicted octanol–water partition coefficient (Wildman–Crippen LogP) is 4.55. The van der Waals surface area contributed by atoms with E-state index in [0.717, 1.165) is 21.0 Å². The normalized spacial score (nSPS) is 11.1. The summed E-state index contributed by atoms with van der Waals surface area (Å²) < 4.78 is 3.38. The van der Waals surface area contributed by atoms with Crippen molar-refractivity contribution < 1.29 is 4.79 Å². The minimum Gasteiger partial charge on any atom is -0.324 e. The number of anilines is 1. The van der Waals surface area contributed by atoms with Gasteiger partial charge in [0.25, 0.3) is 5.56 Å². The summed E-state index contributed by atoms with van der Waals surface area (Å²) in [6, 6.07) is 9.09. The van der Waals surface area contributed by atoms with Crippen LogP contribution in [-0.4, -0.2) is 20.0 Å². The summed E-state index contributed by atoms with van der Waals surface area (Å²) in [5.41, 5.74) is 2.28. The lowest BCUT2D eigenvalue weighted by Gasteiger charge is -2.13. The number of rotatable bonds is 5. The first-order valence-corrected chi connectivity index (χ1v) is 10.3. The average Bonchev–Trinajstić information content (AvgIpc) is 3.32. The Labute approximate surface area is 176 Å². The second-order valence-electron chi connectivity index (χ2n) is 6.76. The number of nitrogens with zero attached hydrogens (tertiary/aromatic N) is 3. The molecule has 1 N–H and O–H groups in total. The van der Waals surface area contributed by atoms with Crippen LogP contribution in [0.2, 0.25) is 5.02 Å². The van der Waals surface area contributed by atoms with Gasteiger partial charge in [0.15, 0.2) is 0 Å². The molecule has 0 aliphatic rings. The number of thiophene rings is 1. The van der Waals surface area contributed by atoms with E-state index in [1.54, 1.807) is 18.2 Å². The van der Waals surface area contributed by atoms with Gasteiger partial charge in [-0.3, -0.25) is 14.2 Å². The van der Waals surface area contributed by atoms with Gasteiger partial charge in [0.2, 0.25) is 5.91 Å². The molecule has 0 atom stereocenters. The van der Waals surface area contributed by atoms with Crippen molar-refractivity contribution in [2.45, 2.75) is 26.8 Å². The second-order valence-corrected chi connectivity index (χ2v) is 8.40. The summed E-state index contributed by atoms with van der Waals surface area (Å²) in [6.45, 7) is 4.17. The number of carbonyl (C=O) groups is 1. The van der Waals surface area contributed by atoms with E-state index in [0.29, 0.717) is 16.1 Å². The molecule has 1 amide bonds. The van der Waals surface area contributed by atoms with Gasteiger partial charge in [0.1, 0.15) is 4.83 Å². The number of benzene rings is 1. The Hall–Kier alpha value is -2.90. The first-order valence-electron chi connectivity index (χ1n) is 9.12. The van der Waals surface area contributed by atoms with Gasteiger partial charge in [-0.05, 0) is 49.7 Å². The zero-order valence-corrected chi connectivity index (χ0v) is 17.5. The van der Waals surface area contributed by atoms with Crippen LogP contribution in [0.1, 0.15) is 16.9 Å². The summed E-state index contributed by atoms with van der Waals surface area (Å²) >= 11 is 7.63. The molecule has 4 aromatic rings. The number of fused-ring (bicyclic) bond motifs is 1. The van der Waals surface area contributed by atoms with Crippen molar-refractivity contribution in [2.75, 3.05) is 5.32 Å². The van der Waals surface area contributed by atoms with Gasteiger partial charge in [0.05, 0.1) is 23.1 Å². The Kier molecular flexibility index (Phi) is 5.25. The number of nitrogens with one attached hydrogen (secondary N) is 1. The van der Waals surface area contributed by atoms with Crippen LogP contribution in [0.25, 0.3) is 15.9 Å². The van der Waals surface area contributed by atoms with Gasteiger partial charge in [0, 0.05) is 35.3 Å². The number of carbonyl (C=O) groups excluding carboxylic acids is 1. The standard InChI is InChI=1S/C21H19ClN4O2S/c1-13-14(2)29-20-19(13)21(28)26(12-23-20)10-7-18(27)24-16-6-5-15(22)11-17(16)25-8-3-4-9-25/h3-6,8-9,11-12H,7,10H2,1-2H3,(H,24,27). The quantitative estimate of drug-likeness (QED) is 0.509. The maximum absolute atomic E-state index is 12.8. The minimum atomic E-state index is -0.189. The van der Waals surface area contributed by atoms with Crippen LogP contribution in [0.5, 0.6) is 0 Å². The van der Waals surface area contributed by atoms with Crippen molar-refractivity contribution in [2.24, 2.45) is 0 Å². The van der Waals surface area contributed by atoms with Gasteiger partial charge in [-0.25, -0.2) is 4.98 Å². The van der Waals surface area contributed by atoms with E-state index in [9.17, 15) is 9.59 Å². The Morgan fingerprint density at radius 3 is 2.76 bits per heavy atom. The molecule has 0 aliphatic carbocycles. The monoisotopic (exact) mass is 426 g/mol. The van der Waals surface area contributed by atoms with Crippen molar-refractivity contribution >= 4 is 44.7 Å². The third kappa shape index (κ3) is 3.83. The van der Waals surface area contributed by atoms with Gasteiger partial charge in [-0.15, -0.1) is 11.3 Å². The van der Waals surface area contributed by atoms with Gasteiger partial charge in [-0.2, -0.15) is 0 Å². The predicted molar refractivity (Wildman–Crippen MR) is 117 cm³/mol. The first-order chi connectivity index (χ1) is 13.9. The van der Waals surface area contributed by atoms with Gasteiger partial charge in [-0.1, -0.05) is 11.6 Å². The van der Waals surface area contributed by atoms with E-state index < -0.39 is 0 Å². The highest BCUT2D eigenvalue weighted by atomic mass is 35.5. The molecule has 0 unspecified atom stereocenters. The van der Waals surface area contributed by atoms with Crippen LogP contribution in [0.3, 0.4) is 0 Å². The Morgan fingerprint density at radius 1 is 1.24 bits per heavy atom. The lowest BCUT2D eigenvalue weighted by atomic mass is 10.2. The molecule has 29 heavy (non-hydrogen) atoms. The van der Waals surface area contributed by atoms with Crippen LogP contribution in [-0.2, 0) is 11.3 Å². The topological polar surface area (TPSA) is 68.9 Å². The van der Waals surface area contributed by atoms with Crippen LogP contribution in [0.15, 0.2) is 53.8 Å². The molecule has 0 aliphatic heterocycles. The highest BCUT2D eigenvalue weighted by molar-refractivity contribution is 7.18. The van der Waals surface area contributed by atoms with Crippen LogP contribution < -0.4 is 10.9 Å². The number of hydrogen-bond acceptors (Lipinski definition) is 4. The summed E-state index contributed by atoms with van der Waals surface area (Å²) in [5.74, 6) is -0.189. The maximum atomic E-state index is 12.8. The zero-order valence-electron chi connectivity index (χ0n) is 16.0. The molecule has 3 aromatic heterocycles. The number of aromatic nitrogens is 3. The summed E-state index contributed by atoms with van der Waals surface area (Å²) in [4.78, 5) is 31.5. The fourth-order valence-corrected chi connectivity index (χ4v) is 4.34. The second kappa shape index (κ2) is 7.85. The Balaban J connectivity index is 1.52. The molecule has 0 radical (unpaired) electrons. The van der Waals surface area contributed by atoms with Crippen LogP contribution in [0, 0.1) is 13.8 Å². The lowest BCUT2D eigenvalue weighted by Crippen LogP contribution is -2.23. The highest BCUT2D eigenvalue weighted by Gasteiger charge is 2.14. The molecular formula is C21H19ClN4O2S. The largest absolute Gasteiger partial charge is 0.324 e. The smallest absolute Gasteiger partial charge is 0.262 e. The molecule has 0 fully saturated rings. The van der Waals surface area contributed by atoms with E-state index in [1.165, 1.54) is 22.2 Å². The third-order valence-corrected chi connectivity index (χ3v) is 6.20. The van der Waals surface area contributed by atoms with E-state index >= 15 is 0 Å². The maximum Gasteiger partial charge on any atom is 0.262 e. The van der Waals surface area contributed by atoms with Crippen molar-refractivity contribution in [3.05, 3.63) is 74.9 Å². The third-order valence-electron chi connectivity index (χ3n) is 4.85. The lowest BCUT2D eigenvalue weighted by molar-refractivity contribution is -0.116. The molecule has 6 nitrogen and oxygen atoms in total. The fraction of sp³-hybridized carbons (Fsp3) is 0.190. The molecule has 0 saturated carbocycles. The van der Waals surface area contributed by atoms with Crippen molar-refractivity contribution in [1.29, 1.82) is 0 Å². The minimum absolute atomic E-state index is 0.107. The fourth-order valence-electron chi connectivity index (χ4n) is 3.18. The Bertz CT molecular complexity index is 1260. The Morgan fingerprint density at radius 2 is 2.00 bits per heavy atom. The first kappa shape index (κ1) is 19.4. The molecule has 148 valence electrons. The molecule has 1 aromatic carbocycles. The van der Waals surface area contributed by atoms with Crippen LogP contribution >= 0.6 is 22.9 Å². The van der Waals surface area contributed by atoms with Crippen molar-refractivity contribution in [1.82, 2.24) is 14.1 Å². The molecule has 0 bridgehead atoms. The van der Waals surface area contributed by atoms with E-state index in [4.69, 9.17) is 11.6 Å². The van der Waals surface area contributed by atoms with E-state index in [-0.39, 0.29) is 24.4 Å². The zero-order chi connectivity index (χ0) is 20.5. The van der Waals surface area contributed by atoms with Gasteiger partial charge < -0.3 is 9.88 Å². The van der Waals surface area contributed by atoms with E-state index in [2.05, 4.69) is 10.3 Å². The molecule has 4 rings (SSSR count). The van der Waals surface area contributed by atoms with Crippen LogP contribution in [0.4, 0.5) is 5.69 Å². The number of hydrogen-bond donors (Lipinski definition) is 1.